The molecule has 0 fully saturated rings. The quantitative estimate of drug-likeness (QED) is 0.508. The summed E-state index contributed by atoms with van der Waals surface area (Å²) >= 11 is 0. The predicted molar refractivity (Wildman–Crippen MR) is 113 cm³/mol. The molecule has 2 aromatic carbocycles. The zero-order chi connectivity index (χ0) is 18.6. The molecule has 1 atom stereocenters. The van der Waals surface area contributed by atoms with E-state index in [1.54, 1.807) is 0 Å². The summed E-state index contributed by atoms with van der Waals surface area (Å²) < 4.78 is 0. The molecule has 2 aliphatic carbocycles. The normalized spacial score (nSPS) is 16.0. The van der Waals surface area contributed by atoms with E-state index in [4.69, 9.17) is 0 Å². The van der Waals surface area contributed by atoms with Gasteiger partial charge in [-0.15, -0.1) is 0 Å². The zero-order valence-corrected chi connectivity index (χ0v) is 15.9. The van der Waals surface area contributed by atoms with Gasteiger partial charge >= 0.3 is 0 Å². The van der Waals surface area contributed by atoms with Gasteiger partial charge in [0.05, 0.1) is 5.92 Å². The first kappa shape index (κ1) is 17.7. The molecule has 27 heavy (non-hydrogen) atoms. The van der Waals surface area contributed by atoms with Crippen LogP contribution in [-0.4, -0.2) is 5.78 Å². The number of carbonyl (C=O) groups excluding carboxylic acids is 1. The van der Waals surface area contributed by atoms with Gasteiger partial charge in [0.2, 0.25) is 0 Å². The summed E-state index contributed by atoms with van der Waals surface area (Å²) in [6, 6.07) is 16.3. The number of fused-ring (bicyclic) bond motifs is 1. The van der Waals surface area contributed by atoms with Crippen molar-refractivity contribution in [3.8, 4) is 0 Å². The molecule has 2 aliphatic rings. The Hall–Kier alpha value is -2.67. The van der Waals surface area contributed by atoms with E-state index < -0.39 is 0 Å². The summed E-state index contributed by atoms with van der Waals surface area (Å²) in [6.07, 6.45) is 14.2. The van der Waals surface area contributed by atoms with Gasteiger partial charge in [-0.1, -0.05) is 97.3 Å². The second-order valence-corrected chi connectivity index (χ2v) is 7.59. The number of allylic oxidation sites excluding steroid dienone is 5. The lowest BCUT2D eigenvalue weighted by Crippen LogP contribution is -2.14. The van der Waals surface area contributed by atoms with E-state index in [9.17, 15) is 4.79 Å². The van der Waals surface area contributed by atoms with Gasteiger partial charge in [-0.2, -0.15) is 0 Å². The molecule has 0 amide bonds. The first-order chi connectivity index (χ1) is 13.2. The molecule has 0 spiro atoms. The fourth-order valence-corrected chi connectivity index (χ4v) is 4.17. The average molecular weight is 354 g/mol. The third-order valence-electron chi connectivity index (χ3n) is 5.61. The van der Waals surface area contributed by atoms with Crippen LogP contribution in [0.3, 0.4) is 0 Å². The monoisotopic (exact) mass is 354 g/mol. The molecular weight excluding hydrogens is 328 g/mol. The van der Waals surface area contributed by atoms with Gasteiger partial charge in [0.15, 0.2) is 5.78 Å². The predicted octanol–water partition coefficient (Wildman–Crippen LogP) is 6.67. The summed E-state index contributed by atoms with van der Waals surface area (Å²) in [6.45, 7) is 2.22. The minimum atomic E-state index is -0.129. The Morgan fingerprint density at radius 3 is 2.74 bits per heavy atom. The zero-order valence-electron chi connectivity index (χ0n) is 15.9. The molecule has 1 heteroatoms. The first-order valence-electron chi connectivity index (χ1n) is 10.0. The molecule has 4 rings (SSSR count). The fourth-order valence-electron chi connectivity index (χ4n) is 4.17. The SMILES string of the molecule is CCCC1=CC(CC(C(=O)c2ccccc2)c2ccc3c(c2)C=CC3)=CC1. The van der Waals surface area contributed by atoms with Crippen molar-refractivity contribution in [1.29, 1.82) is 0 Å². The van der Waals surface area contributed by atoms with Crippen molar-refractivity contribution in [3.63, 3.8) is 0 Å². The maximum absolute atomic E-state index is 13.4. The Kier molecular flexibility index (Phi) is 5.20. The van der Waals surface area contributed by atoms with Crippen LogP contribution in [0.4, 0.5) is 0 Å². The van der Waals surface area contributed by atoms with E-state index in [0.717, 1.165) is 36.8 Å². The topological polar surface area (TPSA) is 17.1 Å². The van der Waals surface area contributed by atoms with Gasteiger partial charge in [-0.05, 0) is 42.4 Å². The highest BCUT2D eigenvalue weighted by Gasteiger charge is 2.25. The molecule has 1 nitrogen and oxygen atoms in total. The largest absolute Gasteiger partial charge is 0.293 e. The van der Waals surface area contributed by atoms with Crippen molar-refractivity contribution in [2.24, 2.45) is 0 Å². The first-order valence-corrected chi connectivity index (χ1v) is 10.0. The minimum Gasteiger partial charge on any atom is -0.293 e. The molecule has 0 N–H and O–H groups in total. The highest BCUT2D eigenvalue weighted by molar-refractivity contribution is 6.01. The smallest absolute Gasteiger partial charge is 0.170 e. The molecule has 0 radical (unpaired) electrons. The molecular formula is C26H26O. The van der Waals surface area contributed by atoms with Crippen LogP contribution in [0.1, 0.15) is 65.6 Å². The summed E-state index contributed by atoms with van der Waals surface area (Å²) in [7, 11) is 0. The van der Waals surface area contributed by atoms with Crippen molar-refractivity contribution in [3.05, 3.63) is 100 Å². The van der Waals surface area contributed by atoms with Gasteiger partial charge in [0, 0.05) is 5.56 Å². The van der Waals surface area contributed by atoms with Gasteiger partial charge in [0.25, 0.3) is 0 Å². The van der Waals surface area contributed by atoms with Crippen LogP contribution in [0.5, 0.6) is 0 Å². The van der Waals surface area contributed by atoms with E-state index in [1.165, 1.54) is 28.7 Å². The summed E-state index contributed by atoms with van der Waals surface area (Å²) in [5.74, 6) is 0.0888. The second-order valence-electron chi connectivity index (χ2n) is 7.59. The van der Waals surface area contributed by atoms with Crippen molar-refractivity contribution in [2.45, 2.75) is 44.9 Å². The Morgan fingerprint density at radius 1 is 1.07 bits per heavy atom. The minimum absolute atomic E-state index is 0.129. The maximum Gasteiger partial charge on any atom is 0.170 e. The van der Waals surface area contributed by atoms with Crippen molar-refractivity contribution < 1.29 is 4.79 Å². The van der Waals surface area contributed by atoms with Gasteiger partial charge < -0.3 is 0 Å². The van der Waals surface area contributed by atoms with Crippen LogP contribution in [0, 0.1) is 0 Å². The molecule has 0 saturated carbocycles. The van der Waals surface area contributed by atoms with Crippen LogP contribution in [0.2, 0.25) is 0 Å². The van der Waals surface area contributed by atoms with Gasteiger partial charge in [-0.3, -0.25) is 4.79 Å². The Morgan fingerprint density at radius 2 is 1.93 bits per heavy atom. The Balaban J connectivity index is 1.65. The van der Waals surface area contributed by atoms with Crippen molar-refractivity contribution >= 4 is 11.9 Å². The van der Waals surface area contributed by atoms with Crippen LogP contribution >= 0.6 is 0 Å². The van der Waals surface area contributed by atoms with E-state index in [-0.39, 0.29) is 11.7 Å². The molecule has 2 aromatic rings. The standard InChI is InChI=1S/C26H26O/c1-2-7-19-12-13-20(16-19)17-25(26(27)22-8-4-3-5-9-22)24-15-14-21-10-6-11-23(21)18-24/h3-6,8-9,11,13-16,18,25H,2,7,10,12,17H2,1H3. The van der Waals surface area contributed by atoms with Gasteiger partial charge in [-0.25, -0.2) is 0 Å². The summed E-state index contributed by atoms with van der Waals surface area (Å²) in [5, 5.41) is 0. The number of hydrogen-bond donors (Lipinski definition) is 0. The Labute approximate surface area is 162 Å². The van der Waals surface area contributed by atoms with Crippen LogP contribution in [0.25, 0.3) is 6.08 Å². The summed E-state index contributed by atoms with van der Waals surface area (Å²) in [4.78, 5) is 13.4. The van der Waals surface area contributed by atoms with E-state index in [2.05, 4.69) is 49.4 Å². The van der Waals surface area contributed by atoms with E-state index >= 15 is 0 Å². The molecule has 0 heterocycles. The number of hydrogen-bond acceptors (Lipinski definition) is 1. The fraction of sp³-hybridized carbons (Fsp3) is 0.269. The van der Waals surface area contributed by atoms with Crippen molar-refractivity contribution in [2.75, 3.05) is 0 Å². The lowest BCUT2D eigenvalue weighted by molar-refractivity contribution is 0.0959. The second kappa shape index (κ2) is 7.92. The number of carbonyl (C=O) groups is 1. The molecule has 0 bridgehead atoms. The van der Waals surface area contributed by atoms with Crippen LogP contribution < -0.4 is 0 Å². The van der Waals surface area contributed by atoms with E-state index in [1.807, 2.05) is 30.3 Å². The van der Waals surface area contributed by atoms with Gasteiger partial charge in [0.1, 0.15) is 0 Å². The summed E-state index contributed by atoms with van der Waals surface area (Å²) in [5.41, 5.74) is 7.36. The number of benzene rings is 2. The van der Waals surface area contributed by atoms with Crippen LogP contribution in [0.15, 0.2) is 77.9 Å². The third kappa shape index (κ3) is 3.88. The molecule has 1 unspecified atom stereocenters. The number of Topliss-reactive ketones (excluding diaryl/α,β-unsaturated/α-hetero) is 1. The maximum atomic E-state index is 13.4. The van der Waals surface area contributed by atoms with Crippen LogP contribution in [-0.2, 0) is 6.42 Å². The van der Waals surface area contributed by atoms with E-state index in [0.29, 0.717) is 0 Å². The Bertz CT molecular complexity index is 928. The molecule has 136 valence electrons. The molecule has 0 aliphatic heterocycles. The lowest BCUT2D eigenvalue weighted by Gasteiger charge is -2.18. The highest BCUT2D eigenvalue weighted by atomic mass is 16.1. The number of ketones is 1. The van der Waals surface area contributed by atoms with Crippen molar-refractivity contribution in [1.82, 2.24) is 0 Å². The highest BCUT2D eigenvalue weighted by Crippen LogP contribution is 2.34. The third-order valence-corrected chi connectivity index (χ3v) is 5.61. The average Bonchev–Trinajstić information content (AvgIpc) is 3.35. The lowest BCUT2D eigenvalue weighted by atomic mass is 9.84. The molecule has 0 aromatic heterocycles. The molecule has 0 saturated heterocycles. The number of rotatable bonds is 7.